The minimum atomic E-state index is 0.386. The number of hydrogen-bond acceptors (Lipinski definition) is 4. The highest BCUT2D eigenvalue weighted by Crippen LogP contribution is 2.11. The number of rotatable bonds is 2. The van der Waals surface area contributed by atoms with Gasteiger partial charge in [-0.15, -0.1) is 0 Å². The summed E-state index contributed by atoms with van der Waals surface area (Å²) in [5.74, 6) is 5.77. The first-order valence-electron chi connectivity index (χ1n) is 4.25. The predicted octanol–water partition coefficient (Wildman–Crippen LogP) is 0.161. The molecular formula is C8H17N3O. The van der Waals surface area contributed by atoms with Crippen molar-refractivity contribution in [1.82, 2.24) is 5.01 Å². The number of nitrogens with two attached hydrogens (primary N) is 2. The van der Waals surface area contributed by atoms with E-state index in [0.717, 1.165) is 31.8 Å². The fourth-order valence-electron chi connectivity index (χ4n) is 1.32. The summed E-state index contributed by atoms with van der Waals surface area (Å²) in [5, 5.41) is 1.69. The molecular weight excluding hydrogens is 154 g/mol. The summed E-state index contributed by atoms with van der Waals surface area (Å²) < 4.78 is 5.22. The molecule has 1 aliphatic heterocycles. The van der Waals surface area contributed by atoms with Crippen LogP contribution in [0.2, 0.25) is 0 Å². The Kier molecular flexibility index (Phi) is 3.37. The van der Waals surface area contributed by atoms with Crippen molar-refractivity contribution >= 4 is 0 Å². The van der Waals surface area contributed by atoms with Crippen LogP contribution in [-0.4, -0.2) is 24.3 Å². The second kappa shape index (κ2) is 4.33. The van der Waals surface area contributed by atoms with Gasteiger partial charge in [-0.3, -0.25) is 0 Å². The molecule has 0 aromatic carbocycles. The molecule has 0 amide bonds. The van der Waals surface area contributed by atoms with Gasteiger partial charge in [0.15, 0.2) is 0 Å². The molecule has 0 unspecified atom stereocenters. The maximum atomic E-state index is 5.77. The fourth-order valence-corrected chi connectivity index (χ4v) is 1.32. The first kappa shape index (κ1) is 9.35. The molecule has 0 atom stereocenters. The second-order valence-corrected chi connectivity index (χ2v) is 3.16. The summed E-state index contributed by atoms with van der Waals surface area (Å²) in [5.41, 5.74) is 6.25. The van der Waals surface area contributed by atoms with Gasteiger partial charge in [0.2, 0.25) is 0 Å². The molecule has 0 aromatic rings. The lowest BCUT2D eigenvalue weighted by Gasteiger charge is -2.29. The Morgan fingerprint density at radius 2 is 2.08 bits per heavy atom. The molecule has 0 aromatic heterocycles. The quantitative estimate of drug-likeness (QED) is 0.459. The van der Waals surface area contributed by atoms with Crippen LogP contribution in [0.3, 0.4) is 0 Å². The minimum absolute atomic E-state index is 0.386. The van der Waals surface area contributed by atoms with E-state index < -0.39 is 0 Å². The highest BCUT2D eigenvalue weighted by Gasteiger charge is 2.16. The molecule has 0 saturated carbocycles. The summed E-state index contributed by atoms with van der Waals surface area (Å²) in [6, 6.07) is 0.386. The Labute approximate surface area is 73.1 Å². The van der Waals surface area contributed by atoms with Crippen molar-refractivity contribution < 1.29 is 4.74 Å². The third kappa shape index (κ3) is 2.71. The van der Waals surface area contributed by atoms with E-state index in [2.05, 4.69) is 0 Å². The molecule has 1 aliphatic rings. The fraction of sp³-hybridized carbons (Fsp3) is 0.750. The van der Waals surface area contributed by atoms with E-state index in [4.69, 9.17) is 16.3 Å². The highest BCUT2D eigenvalue weighted by atomic mass is 16.5. The first-order valence-corrected chi connectivity index (χ1v) is 4.25. The van der Waals surface area contributed by atoms with Crippen LogP contribution in [-0.2, 0) is 4.74 Å². The van der Waals surface area contributed by atoms with Gasteiger partial charge in [-0.2, -0.15) is 0 Å². The molecule has 4 N–H and O–H groups in total. The maximum absolute atomic E-state index is 5.77. The maximum Gasteiger partial charge on any atom is 0.0490 e. The van der Waals surface area contributed by atoms with Gasteiger partial charge < -0.3 is 15.5 Å². The first-order chi connectivity index (χ1) is 5.70. The molecule has 4 nitrogen and oxygen atoms in total. The summed E-state index contributed by atoms with van der Waals surface area (Å²) in [6.07, 6.45) is 3.75. The average Bonchev–Trinajstić information content (AvgIpc) is 2.05. The molecule has 0 spiro atoms. The van der Waals surface area contributed by atoms with Gasteiger partial charge in [0, 0.05) is 31.2 Å². The molecule has 1 fully saturated rings. The van der Waals surface area contributed by atoms with E-state index in [1.165, 1.54) is 0 Å². The lowest BCUT2D eigenvalue weighted by atomic mass is 10.1. The predicted molar refractivity (Wildman–Crippen MR) is 47.8 cm³/mol. The monoisotopic (exact) mass is 171 g/mol. The molecule has 4 heteroatoms. The third-order valence-electron chi connectivity index (χ3n) is 1.97. The molecule has 0 radical (unpaired) electrons. The second-order valence-electron chi connectivity index (χ2n) is 3.16. The zero-order valence-corrected chi connectivity index (χ0v) is 7.49. The van der Waals surface area contributed by atoms with Gasteiger partial charge in [-0.1, -0.05) is 0 Å². The smallest absolute Gasteiger partial charge is 0.0490 e. The Balaban J connectivity index is 2.39. The van der Waals surface area contributed by atoms with Crippen molar-refractivity contribution in [2.45, 2.75) is 25.8 Å². The van der Waals surface area contributed by atoms with Crippen molar-refractivity contribution in [1.29, 1.82) is 0 Å². The molecule has 12 heavy (non-hydrogen) atoms. The normalized spacial score (nSPS) is 21.0. The number of ether oxygens (including phenoxy) is 1. The highest BCUT2D eigenvalue weighted by molar-refractivity contribution is 4.92. The largest absolute Gasteiger partial charge is 0.401 e. The number of nitrogens with zero attached hydrogens (tertiary/aromatic N) is 1. The molecule has 0 aliphatic carbocycles. The summed E-state index contributed by atoms with van der Waals surface area (Å²) in [6.45, 7) is 3.44. The van der Waals surface area contributed by atoms with Gasteiger partial charge in [-0.05, 0) is 19.8 Å². The molecule has 1 rings (SSSR count). The van der Waals surface area contributed by atoms with E-state index >= 15 is 0 Å². The van der Waals surface area contributed by atoms with Crippen molar-refractivity contribution in [3.63, 3.8) is 0 Å². The van der Waals surface area contributed by atoms with Gasteiger partial charge >= 0.3 is 0 Å². The Hall–Kier alpha value is -0.740. The van der Waals surface area contributed by atoms with Crippen molar-refractivity contribution in [2.24, 2.45) is 11.6 Å². The van der Waals surface area contributed by atoms with E-state index in [0.29, 0.717) is 6.04 Å². The summed E-state index contributed by atoms with van der Waals surface area (Å²) in [4.78, 5) is 0. The standard InChI is InChI=1S/C8H17N3O/c1-7(9)6-11(10)8-2-4-12-5-3-8/h6,8H,2-5,9-10H2,1H3/b7-6+. The minimum Gasteiger partial charge on any atom is -0.401 e. The van der Waals surface area contributed by atoms with Crippen molar-refractivity contribution in [2.75, 3.05) is 13.2 Å². The van der Waals surface area contributed by atoms with Gasteiger partial charge in [0.05, 0.1) is 0 Å². The Morgan fingerprint density at radius 1 is 1.50 bits per heavy atom. The molecule has 0 bridgehead atoms. The zero-order valence-electron chi connectivity index (χ0n) is 7.49. The zero-order chi connectivity index (χ0) is 8.97. The summed E-state index contributed by atoms with van der Waals surface area (Å²) in [7, 11) is 0. The van der Waals surface area contributed by atoms with Crippen LogP contribution in [0.4, 0.5) is 0 Å². The topological polar surface area (TPSA) is 64.5 Å². The van der Waals surface area contributed by atoms with Crippen LogP contribution in [0.1, 0.15) is 19.8 Å². The SMILES string of the molecule is C/C(N)=C\N(N)C1CCOCC1. The van der Waals surface area contributed by atoms with E-state index in [9.17, 15) is 0 Å². The van der Waals surface area contributed by atoms with Crippen LogP contribution < -0.4 is 11.6 Å². The number of hydrogen-bond donors (Lipinski definition) is 2. The number of hydrazine groups is 1. The van der Waals surface area contributed by atoms with Gasteiger partial charge in [-0.25, -0.2) is 5.84 Å². The lowest BCUT2D eigenvalue weighted by molar-refractivity contribution is 0.0491. The summed E-state index contributed by atoms with van der Waals surface area (Å²) >= 11 is 0. The molecule has 1 heterocycles. The third-order valence-corrected chi connectivity index (χ3v) is 1.97. The number of allylic oxidation sites excluding steroid dienone is 1. The molecule has 70 valence electrons. The van der Waals surface area contributed by atoms with Crippen LogP contribution in [0.25, 0.3) is 0 Å². The lowest BCUT2D eigenvalue weighted by Crippen LogP contribution is -2.40. The van der Waals surface area contributed by atoms with E-state index in [1.54, 1.807) is 11.2 Å². The molecule has 1 saturated heterocycles. The van der Waals surface area contributed by atoms with Crippen molar-refractivity contribution in [3.8, 4) is 0 Å². The van der Waals surface area contributed by atoms with Crippen LogP contribution >= 0.6 is 0 Å². The van der Waals surface area contributed by atoms with Crippen LogP contribution in [0.15, 0.2) is 11.9 Å². The van der Waals surface area contributed by atoms with E-state index in [-0.39, 0.29) is 0 Å². The van der Waals surface area contributed by atoms with Crippen LogP contribution in [0, 0.1) is 0 Å². The average molecular weight is 171 g/mol. The van der Waals surface area contributed by atoms with Crippen molar-refractivity contribution in [3.05, 3.63) is 11.9 Å². The Morgan fingerprint density at radius 3 is 2.58 bits per heavy atom. The Bertz CT molecular complexity index is 160. The van der Waals surface area contributed by atoms with E-state index in [1.807, 2.05) is 6.92 Å². The van der Waals surface area contributed by atoms with Gasteiger partial charge in [0.25, 0.3) is 0 Å². The van der Waals surface area contributed by atoms with Crippen LogP contribution in [0.5, 0.6) is 0 Å². The van der Waals surface area contributed by atoms with Gasteiger partial charge in [0.1, 0.15) is 0 Å².